The molecule has 2 aromatic heterocycles. The van der Waals surface area contributed by atoms with Gasteiger partial charge in [0, 0.05) is 15.8 Å². The molecule has 0 fully saturated rings. The minimum atomic E-state index is -0.425. The minimum Gasteiger partial charge on any atom is -0.496 e. The number of aromatic nitrogens is 3. The zero-order valence-electron chi connectivity index (χ0n) is 15.4. The van der Waals surface area contributed by atoms with Crippen LogP contribution in [-0.4, -0.2) is 27.8 Å². The average molecular weight is 423 g/mol. The second kappa shape index (κ2) is 7.92. The van der Waals surface area contributed by atoms with Gasteiger partial charge in [-0.15, -0.1) is 11.3 Å². The Morgan fingerprint density at radius 2 is 2.15 bits per heavy atom. The molecule has 6 nitrogen and oxygen atoms in total. The molecule has 0 spiro atoms. The highest BCUT2D eigenvalue weighted by Crippen LogP contribution is 2.24. The minimum absolute atomic E-state index is 0.154. The number of hydrogen-bond donors (Lipinski definition) is 0. The van der Waals surface area contributed by atoms with E-state index >= 15 is 0 Å². The molecule has 3 rings (SSSR count). The van der Waals surface area contributed by atoms with Crippen LogP contribution in [0.5, 0.6) is 5.75 Å². The van der Waals surface area contributed by atoms with Gasteiger partial charge in [-0.1, -0.05) is 43.7 Å². The van der Waals surface area contributed by atoms with Crippen molar-refractivity contribution in [1.82, 2.24) is 14.8 Å². The third-order valence-electron chi connectivity index (χ3n) is 3.65. The number of rotatable bonds is 4. The zero-order valence-corrected chi connectivity index (χ0v) is 17.8. The van der Waals surface area contributed by atoms with Crippen molar-refractivity contribution >= 4 is 40.2 Å². The molecule has 0 atom stereocenters. The van der Waals surface area contributed by atoms with E-state index in [0.717, 1.165) is 10.7 Å². The van der Waals surface area contributed by atoms with E-state index in [-0.39, 0.29) is 5.41 Å². The van der Waals surface area contributed by atoms with Crippen molar-refractivity contribution in [2.45, 2.75) is 32.7 Å². The Bertz CT molecular complexity index is 1020. The molecule has 0 aliphatic carbocycles. The Balaban J connectivity index is 2.07. The van der Waals surface area contributed by atoms with E-state index in [2.05, 4.69) is 35.8 Å². The molecule has 0 N–H and O–H groups in total. The topological polar surface area (TPSA) is 69.4 Å². The molecular weight excluding hydrogens is 404 g/mol. The summed E-state index contributed by atoms with van der Waals surface area (Å²) in [5.41, 5.74) is 2.81. The lowest BCUT2D eigenvalue weighted by atomic mass is 9.98. The molecule has 0 saturated heterocycles. The first kappa shape index (κ1) is 19.7. The number of carbonyl (C=O) groups excluding carboxylic acids is 1. The quantitative estimate of drug-likeness (QED) is 0.633. The Morgan fingerprint density at radius 1 is 1.37 bits per heavy atom. The fourth-order valence-corrected chi connectivity index (χ4v) is 3.94. The van der Waals surface area contributed by atoms with E-state index in [0.29, 0.717) is 27.7 Å². The van der Waals surface area contributed by atoms with Crippen molar-refractivity contribution in [3.05, 3.63) is 55.2 Å². The van der Waals surface area contributed by atoms with Gasteiger partial charge in [-0.05, 0) is 18.2 Å². The highest BCUT2D eigenvalue weighted by Gasteiger charge is 2.21. The predicted molar refractivity (Wildman–Crippen MR) is 108 cm³/mol. The van der Waals surface area contributed by atoms with Gasteiger partial charge in [-0.3, -0.25) is 4.79 Å². The fourth-order valence-electron chi connectivity index (χ4n) is 2.26. The summed E-state index contributed by atoms with van der Waals surface area (Å²) in [5.74, 6) is 0.00486. The second-order valence-electron chi connectivity index (χ2n) is 6.84. The largest absolute Gasteiger partial charge is 0.496 e. The smallest absolute Gasteiger partial charge is 0.283 e. The summed E-state index contributed by atoms with van der Waals surface area (Å²) in [7, 11) is 1.51. The van der Waals surface area contributed by atoms with Crippen molar-refractivity contribution in [2.75, 3.05) is 7.11 Å². The fraction of sp³-hybridized carbons (Fsp3) is 0.333. The number of nitrogens with zero attached hydrogens (tertiary/aromatic N) is 4. The maximum absolute atomic E-state index is 12.8. The zero-order chi connectivity index (χ0) is 19.6. The van der Waals surface area contributed by atoms with Crippen LogP contribution in [0, 0.1) is 0 Å². The summed E-state index contributed by atoms with van der Waals surface area (Å²) in [5, 5.41) is 7.95. The third kappa shape index (κ3) is 4.63. The van der Waals surface area contributed by atoms with Gasteiger partial charge in [0.05, 0.1) is 30.4 Å². The van der Waals surface area contributed by atoms with Gasteiger partial charge >= 0.3 is 0 Å². The molecular formula is C18H19ClN4O2S2. The van der Waals surface area contributed by atoms with Crippen LogP contribution in [0.4, 0.5) is 0 Å². The summed E-state index contributed by atoms with van der Waals surface area (Å²) < 4.78 is 6.98. The molecule has 27 heavy (non-hydrogen) atoms. The van der Waals surface area contributed by atoms with Gasteiger partial charge in [0.2, 0.25) is 4.80 Å². The molecule has 0 aliphatic heterocycles. The lowest BCUT2D eigenvalue weighted by Gasteiger charge is -2.12. The first-order chi connectivity index (χ1) is 12.8. The van der Waals surface area contributed by atoms with E-state index in [9.17, 15) is 4.79 Å². The van der Waals surface area contributed by atoms with Gasteiger partial charge < -0.3 is 4.74 Å². The SMILES string of the molecule is COc1ccc(Cl)cc1C(=O)/N=c1\sc(C(C)(C)C)nn1Cc1cscn1. The first-order valence-electron chi connectivity index (χ1n) is 8.16. The number of carbonyl (C=O) groups is 1. The van der Waals surface area contributed by atoms with Crippen LogP contribution in [-0.2, 0) is 12.0 Å². The number of halogens is 1. The maximum Gasteiger partial charge on any atom is 0.283 e. The first-order valence-corrected chi connectivity index (χ1v) is 10.3. The molecule has 3 aromatic rings. The van der Waals surface area contributed by atoms with Crippen LogP contribution >= 0.6 is 34.3 Å². The van der Waals surface area contributed by atoms with Gasteiger partial charge in [0.1, 0.15) is 10.8 Å². The number of methoxy groups -OCH3 is 1. The predicted octanol–water partition coefficient (Wildman–Crippen LogP) is 4.15. The normalized spacial score (nSPS) is 12.4. The van der Waals surface area contributed by atoms with Crippen LogP contribution in [0.2, 0.25) is 5.02 Å². The molecule has 0 bridgehead atoms. The number of amides is 1. The van der Waals surface area contributed by atoms with Crippen LogP contribution in [0.3, 0.4) is 0 Å². The van der Waals surface area contributed by atoms with Crippen LogP contribution in [0.1, 0.15) is 41.8 Å². The number of ether oxygens (including phenoxy) is 1. The van der Waals surface area contributed by atoms with Crippen molar-refractivity contribution < 1.29 is 9.53 Å². The van der Waals surface area contributed by atoms with Crippen molar-refractivity contribution in [3.63, 3.8) is 0 Å². The Morgan fingerprint density at radius 3 is 2.78 bits per heavy atom. The van der Waals surface area contributed by atoms with Crippen molar-refractivity contribution in [2.24, 2.45) is 4.99 Å². The average Bonchev–Trinajstić information content (AvgIpc) is 3.25. The van der Waals surface area contributed by atoms with E-state index in [1.165, 1.54) is 29.8 Å². The van der Waals surface area contributed by atoms with Gasteiger partial charge in [-0.2, -0.15) is 10.1 Å². The molecule has 1 amide bonds. The molecule has 142 valence electrons. The van der Waals surface area contributed by atoms with Crippen LogP contribution < -0.4 is 9.54 Å². The summed E-state index contributed by atoms with van der Waals surface area (Å²) in [6, 6.07) is 4.88. The second-order valence-corrected chi connectivity index (χ2v) is 8.95. The standard InChI is InChI=1S/C18H19ClN4O2S2/c1-18(2,3)16-22-23(8-12-9-26-10-20-12)17(27-16)21-15(24)13-7-11(19)5-6-14(13)25-4/h5-7,9-10H,8H2,1-4H3/b21-17-. The van der Waals surface area contributed by atoms with Gasteiger partial charge in [0.25, 0.3) is 5.91 Å². The van der Waals surface area contributed by atoms with Gasteiger partial charge in [0.15, 0.2) is 0 Å². The van der Waals surface area contributed by atoms with E-state index < -0.39 is 5.91 Å². The van der Waals surface area contributed by atoms with Crippen molar-refractivity contribution in [1.29, 1.82) is 0 Å². The summed E-state index contributed by atoms with van der Waals surface area (Å²) >= 11 is 8.95. The summed E-state index contributed by atoms with van der Waals surface area (Å²) in [4.78, 5) is 21.9. The molecule has 2 heterocycles. The molecule has 0 unspecified atom stereocenters. The van der Waals surface area contributed by atoms with E-state index in [1.54, 1.807) is 28.4 Å². The highest BCUT2D eigenvalue weighted by molar-refractivity contribution is 7.09. The van der Waals surface area contributed by atoms with Crippen molar-refractivity contribution in [3.8, 4) is 5.75 Å². The molecule has 0 saturated carbocycles. The number of hydrogen-bond acceptors (Lipinski definition) is 6. The van der Waals surface area contributed by atoms with Crippen LogP contribution in [0.15, 0.2) is 34.1 Å². The lowest BCUT2D eigenvalue weighted by molar-refractivity contribution is 0.0994. The van der Waals surface area contributed by atoms with E-state index in [1.807, 2.05) is 5.38 Å². The highest BCUT2D eigenvalue weighted by atomic mass is 35.5. The number of thiazole rings is 1. The maximum atomic E-state index is 12.8. The lowest BCUT2D eigenvalue weighted by Crippen LogP contribution is -2.20. The Hall–Kier alpha value is -2.03. The summed E-state index contributed by atoms with van der Waals surface area (Å²) in [6.45, 7) is 6.68. The summed E-state index contributed by atoms with van der Waals surface area (Å²) in [6.07, 6.45) is 0. The van der Waals surface area contributed by atoms with E-state index in [4.69, 9.17) is 16.3 Å². The molecule has 0 aliphatic rings. The monoisotopic (exact) mass is 422 g/mol. The molecule has 9 heteroatoms. The molecule has 0 radical (unpaired) electrons. The van der Waals surface area contributed by atoms with Crippen LogP contribution in [0.25, 0.3) is 0 Å². The third-order valence-corrected chi connectivity index (χ3v) is 5.89. The Kier molecular flexibility index (Phi) is 5.78. The Labute approximate surface area is 170 Å². The van der Waals surface area contributed by atoms with Gasteiger partial charge in [-0.25, -0.2) is 9.67 Å². The molecule has 1 aromatic carbocycles. The number of benzene rings is 1.